The summed E-state index contributed by atoms with van der Waals surface area (Å²) in [5.41, 5.74) is 0. The highest BCUT2D eigenvalue weighted by atomic mass is 16.1. The van der Waals surface area contributed by atoms with Crippen LogP contribution in [0.15, 0.2) is 43.0 Å². The van der Waals surface area contributed by atoms with Crippen molar-refractivity contribution in [3.63, 3.8) is 0 Å². The molecule has 0 N–H and O–H groups in total. The molecule has 1 aromatic carbocycles. The lowest BCUT2D eigenvalue weighted by Crippen LogP contribution is -1.47. The van der Waals surface area contributed by atoms with Crippen LogP contribution in [0.4, 0.5) is 0 Å². The van der Waals surface area contributed by atoms with Crippen molar-refractivity contribution >= 4 is 5.94 Å². The quantitative estimate of drug-likeness (QED) is 0.520. The van der Waals surface area contributed by atoms with Crippen LogP contribution in [-0.4, -0.2) is 5.94 Å². The molecular weight excluding hydrogens is 136 g/mol. The van der Waals surface area contributed by atoms with Gasteiger partial charge in [0.1, 0.15) is 5.94 Å². The zero-order chi connectivity index (χ0) is 8.95. The van der Waals surface area contributed by atoms with Crippen LogP contribution < -0.4 is 0 Å². The zero-order valence-corrected chi connectivity index (χ0v) is 7.08. The van der Waals surface area contributed by atoms with Gasteiger partial charge in [-0.2, -0.15) is 0 Å². The smallest absolute Gasteiger partial charge is 0.116 e. The third-order valence-electron chi connectivity index (χ3n) is 0.667. The van der Waals surface area contributed by atoms with Crippen LogP contribution in [0.25, 0.3) is 0 Å². The minimum absolute atomic E-state index is 1.25. The van der Waals surface area contributed by atoms with Crippen LogP contribution >= 0.6 is 0 Å². The fraction of sp³-hybridized carbons (Fsp3) is 0.200. The molecular formula is C10H14O. The van der Waals surface area contributed by atoms with Gasteiger partial charge in [0.15, 0.2) is 0 Å². The highest BCUT2D eigenvalue weighted by molar-refractivity contribution is 5.38. The normalized spacial score (nSPS) is 5.64. The lowest BCUT2D eigenvalue weighted by atomic mass is 10.4. The van der Waals surface area contributed by atoms with Gasteiger partial charge in [0.2, 0.25) is 0 Å². The first-order chi connectivity index (χ1) is 5.41. The average molecular weight is 150 g/mol. The topological polar surface area (TPSA) is 17.1 Å². The van der Waals surface area contributed by atoms with E-state index in [0.717, 1.165) is 0 Å². The van der Waals surface area contributed by atoms with E-state index in [1.807, 2.05) is 50.2 Å². The second-order valence-corrected chi connectivity index (χ2v) is 1.30. The van der Waals surface area contributed by atoms with Crippen LogP contribution in [0.1, 0.15) is 13.8 Å². The number of carbonyl (C=O) groups excluding carboxylic acids is 1. The summed E-state index contributed by atoms with van der Waals surface area (Å²) < 4.78 is 0. The first kappa shape index (κ1) is 12.4. The molecule has 11 heavy (non-hydrogen) atoms. The van der Waals surface area contributed by atoms with Crippen molar-refractivity contribution < 1.29 is 4.79 Å². The van der Waals surface area contributed by atoms with Crippen LogP contribution in [0.3, 0.4) is 0 Å². The van der Waals surface area contributed by atoms with Gasteiger partial charge in [0, 0.05) is 0 Å². The molecule has 0 spiro atoms. The maximum atomic E-state index is 8.57. The maximum Gasteiger partial charge on any atom is 0.116 e. The van der Waals surface area contributed by atoms with E-state index in [1.54, 1.807) is 0 Å². The fourth-order valence-corrected chi connectivity index (χ4v) is 0.385. The lowest BCUT2D eigenvalue weighted by molar-refractivity contribution is 0.569. The molecule has 0 aliphatic rings. The number of hydrogen-bond donors (Lipinski definition) is 0. The second kappa shape index (κ2) is 15.9. The Morgan fingerprint density at radius 3 is 1.09 bits per heavy atom. The molecule has 0 fully saturated rings. The number of benzene rings is 1. The van der Waals surface area contributed by atoms with E-state index >= 15 is 0 Å². The largest absolute Gasteiger partial charge is 0.234 e. The molecule has 1 heteroatoms. The predicted molar refractivity (Wildman–Crippen MR) is 49.1 cm³/mol. The van der Waals surface area contributed by atoms with Gasteiger partial charge in [-0.15, -0.1) is 0 Å². The summed E-state index contributed by atoms with van der Waals surface area (Å²) in [6.07, 6.45) is 0. The van der Waals surface area contributed by atoms with E-state index in [0.29, 0.717) is 0 Å². The highest BCUT2D eigenvalue weighted by Crippen LogP contribution is 1.79. The minimum atomic E-state index is 1.25. The van der Waals surface area contributed by atoms with E-state index in [2.05, 4.69) is 6.58 Å². The molecule has 0 saturated carbocycles. The average Bonchev–Trinajstić information content (AvgIpc) is 2.12. The Balaban J connectivity index is 0. The summed E-state index contributed by atoms with van der Waals surface area (Å²) in [6, 6.07) is 12.0. The molecule has 0 heterocycles. The SMILES string of the molecule is C=C=O.CC.c1ccccc1. The summed E-state index contributed by atoms with van der Waals surface area (Å²) in [5, 5.41) is 0. The van der Waals surface area contributed by atoms with Crippen molar-refractivity contribution in [2.75, 3.05) is 0 Å². The first-order valence-electron chi connectivity index (χ1n) is 3.56. The summed E-state index contributed by atoms with van der Waals surface area (Å²) in [6.45, 7) is 6.68. The zero-order valence-electron chi connectivity index (χ0n) is 7.08. The van der Waals surface area contributed by atoms with Crippen LogP contribution in [0.2, 0.25) is 0 Å². The summed E-state index contributed by atoms with van der Waals surface area (Å²) >= 11 is 0. The Bertz CT molecular complexity index is 135. The van der Waals surface area contributed by atoms with Crippen molar-refractivity contribution in [3.8, 4) is 0 Å². The molecule has 1 aromatic rings. The molecule has 60 valence electrons. The van der Waals surface area contributed by atoms with Crippen molar-refractivity contribution in [2.24, 2.45) is 0 Å². The summed E-state index contributed by atoms with van der Waals surface area (Å²) in [4.78, 5) is 8.57. The van der Waals surface area contributed by atoms with Crippen molar-refractivity contribution in [1.29, 1.82) is 0 Å². The standard InChI is InChI=1S/C6H6.C2H2O.C2H6/c1-2-4-6-5-3-1;1-2-3;1-2/h1-6H;1H2;1-2H3. The van der Waals surface area contributed by atoms with Gasteiger partial charge in [-0.1, -0.05) is 50.2 Å². The van der Waals surface area contributed by atoms with Gasteiger partial charge in [-0.05, 0) is 6.58 Å². The van der Waals surface area contributed by atoms with Crippen molar-refractivity contribution in [3.05, 3.63) is 43.0 Å². The molecule has 1 rings (SSSR count). The van der Waals surface area contributed by atoms with E-state index in [1.165, 1.54) is 5.94 Å². The van der Waals surface area contributed by atoms with Crippen LogP contribution in [0, 0.1) is 0 Å². The third kappa shape index (κ3) is 17.7. The molecule has 0 aromatic heterocycles. The van der Waals surface area contributed by atoms with Crippen molar-refractivity contribution in [1.82, 2.24) is 0 Å². The molecule has 0 saturated heterocycles. The molecule has 0 aliphatic heterocycles. The third-order valence-corrected chi connectivity index (χ3v) is 0.667. The van der Waals surface area contributed by atoms with Gasteiger partial charge >= 0.3 is 0 Å². The fourth-order valence-electron chi connectivity index (χ4n) is 0.385. The highest BCUT2D eigenvalue weighted by Gasteiger charge is 1.57. The summed E-state index contributed by atoms with van der Waals surface area (Å²) in [7, 11) is 0. The van der Waals surface area contributed by atoms with Gasteiger partial charge < -0.3 is 0 Å². The Morgan fingerprint density at radius 2 is 1.00 bits per heavy atom. The van der Waals surface area contributed by atoms with Crippen molar-refractivity contribution in [2.45, 2.75) is 13.8 Å². The van der Waals surface area contributed by atoms with E-state index in [9.17, 15) is 0 Å². The Hall–Kier alpha value is -1.33. The Kier molecular flexibility index (Phi) is 17.8. The number of hydrogen-bond acceptors (Lipinski definition) is 1. The second-order valence-electron chi connectivity index (χ2n) is 1.30. The lowest BCUT2D eigenvalue weighted by Gasteiger charge is -1.69. The molecule has 0 atom stereocenters. The van der Waals surface area contributed by atoms with Crippen LogP contribution in [-0.2, 0) is 4.79 Å². The van der Waals surface area contributed by atoms with Gasteiger partial charge in [0.05, 0.1) is 0 Å². The van der Waals surface area contributed by atoms with Gasteiger partial charge in [-0.3, -0.25) is 0 Å². The minimum Gasteiger partial charge on any atom is -0.234 e. The molecule has 0 unspecified atom stereocenters. The Labute approximate surface area is 68.4 Å². The molecule has 0 aliphatic carbocycles. The Morgan fingerprint density at radius 1 is 0.909 bits per heavy atom. The van der Waals surface area contributed by atoms with E-state index < -0.39 is 0 Å². The maximum absolute atomic E-state index is 8.57. The molecule has 0 radical (unpaired) electrons. The van der Waals surface area contributed by atoms with E-state index in [-0.39, 0.29) is 0 Å². The monoisotopic (exact) mass is 150 g/mol. The summed E-state index contributed by atoms with van der Waals surface area (Å²) in [5.74, 6) is 1.25. The first-order valence-corrected chi connectivity index (χ1v) is 3.56. The molecule has 0 amide bonds. The van der Waals surface area contributed by atoms with E-state index in [4.69, 9.17) is 4.79 Å². The van der Waals surface area contributed by atoms with Crippen LogP contribution in [0.5, 0.6) is 0 Å². The van der Waals surface area contributed by atoms with Gasteiger partial charge in [0.25, 0.3) is 0 Å². The van der Waals surface area contributed by atoms with Gasteiger partial charge in [-0.25, -0.2) is 4.79 Å². The molecule has 1 nitrogen and oxygen atoms in total. The predicted octanol–water partition coefficient (Wildman–Crippen LogP) is 2.72. The number of rotatable bonds is 0. The molecule has 0 bridgehead atoms.